The topological polar surface area (TPSA) is 44.8 Å². The molecule has 0 heterocycles. The third kappa shape index (κ3) is 1.64. The van der Waals surface area contributed by atoms with Crippen molar-refractivity contribution in [1.82, 2.24) is 0 Å². The molecule has 0 radical (unpaired) electrons. The molecular weight excluding hydrogens is 153 g/mol. The van der Waals surface area contributed by atoms with Crippen LogP contribution in [0.3, 0.4) is 0 Å². The molecule has 0 amide bonds. The second-order valence-corrected chi connectivity index (χ2v) is 2.53. The van der Waals surface area contributed by atoms with Gasteiger partial charge < -0.3 is 10.0 Å². The van der Waals surface area contributed by atoms with Crippen LogP contribution in [0.2, 0.25) is 0 Å². The maximum atomic E-state index is 8.85. The normalized spacial score (nSPS) is 9.17. The standard InChI is InChI=1S/C8H8BNO2/c1-6-5-7(10-2)3-4-8(6)9(11)12/h3-5,11-12H,1H3. The van der Waals surface area contributed by atoms with Crippen LogP contribution < -0.4 is 5.46 Å². The van der Waals surface area contributed by atoms with Gasteiger partial charge in [-0.05, 0) is 12.4 Å². The molecule has 4 heteroatoms. The van der Waals surface area contributed by atoms with Gasteiger partial charge in [-0.3, -0.25) is 0 Å². The molecule has 0 spiro atoms. The van der Waals surface area contributed by atoms with E-state index in [1.165, 1.54) is 0 Å². The van der Waals surface area contributed by atoms with Gasteiger partial charge >= 0.3 is 7.12 Å². The van der Waals surface area contributed by atoms with Gasteiger partial charge in [-0.25, -0.2) is 4.85 Å². The molecule has 0 aliphatic rings. The zero-order chi connectivity index (χ0) is 9.14. The van der Waals surface area contributed by atoms with Crippen molar-refractivity contribution in [2.75, 3.05) is 0 Å². The highest BCUT2D eigenvalue weighted by atomic mass is 16.4. The van der Waals surface area contributed by atoms with Crippen LogP contribution in [-0.4, -0.2) is 17.2 Å². The van der Waals surface area contributed by atoms with E-state index in [2.05, 4.69) is 4.85 Å². The van der Waals surface area contributed by atoms with E-state index in [0.717, 1.165) is 5.56 Å². The zero-order valence-corrected chi connectivity index (χ0v) is 6.65. The Morgan fingerprint density at radius 1 is 1.42 bits per heavy atom. The molecule has 12 heavy (non-hydrogen) atoms. The van der Waals surface area contributed by atoms with Gasteiger partial charge in [0.15, 0.2) is 5.69 Å². The minimum atomic E-state index is -1.45. The van der Waals surface area contributed by atoms with Crippen LogP contribution in [0.4, 0.5) is 5.69 Å². The van der Waals surface area contributed by atoms with Crippen LogP contribution in [-0.2, 0) is 0 Å². The minimum absolute atomic E-state index is 0.447. The van der Waals surface area contributed by atoms with E-state index in [4.69, 9.17) is 16.6 Å². The number of benzene rings is 1. The maximum Gasteiger partial charge on any atom is 0.488 e. The summed E-state index contributed by atoms with van der Waals surface area (Å²) >= 11 is 0. The molecule has 0 saturated carbocycles. The van der Waals surface area contributed by atoms with Crippen molar-refractivity contribution in [2.45, 2.75) is 6.92 Å². The molecule has 1 rings (SSSR count). The fourth-order valence-electron chi connectivity index (χ4n) is 1.02. The molecule has 0 aliphatic heterocycles. The lowest BCUT2D eigenvalue weighted by Crippen LogP contribution is -2.31. The lowest BCUT2D eigenvalue weighted by Gasteiger charge is -2.03. The first kappa shape index (κ1) is 8.79. The summed E-state index contributed by atoms with van der Waals surface area (Å²) in [4.78, 5) is 3.22. The Bertz CT molecular complexity index is 330. The third-order valence-corrected chi connectivity index (χ3v) is 1.66. The predicted octanol–water partition coefficient (Wildman–Crippen LogP) is 0.226. The van der Waals surface area contributed by atoms with Gasteiger partial charge in [0, 0.05) is 0 Å². The average molecular weight is 161 g/mol. The van der Waals surface area contributed by atoms with Gasteiger partial charge in [0.05, 0.1) is 6.57 Å². The summed E-state index contributed by atoms with van der Waals surface area (Å²) in [5.41, 5.74) is 1.68. The largest absolute Gasteiger partial charge is 0.488 e. The first-order valence-electron chi connectivity index (χ1n) is 3.49. The summed E-state index contributed by atoms with van der Waals surface area (Å²) in [6, 6.07) is 4.74. The van der Waals surface area contributed by atoms with E-state index in [1.54, 1.807) is 25.1 Å². The Labute approximate surface area is 71.2 Å². The molecule has 0 atom stereocenters. The number of hydrogen-bond donors (Lipinski definition) is 2. The molecular formula is C8H8BNO2. The van der Waals surface area contributed by atoms with Crippen molar-refractivity contribution in [1.29, 1.82) is 0 Å². The highest BCUT2D eigenvalue weighted by Crippen LogP contribution is 2.11. The first-order chi connectivity index (χ1) is 5.65. The van der Waals surface area contributed by atoms with E-state index < -0.39 is 7.12 Å². The van der Waals surface area contributed by atoms with Crippen molar-refractivity contribution < 1.29 is 10.0 Å². The van der Waals surface area contributed by atoms with E-state index >= 15 is 0 Å². The van der Waals surface area contributed by atoms with E-state index in [0.29, 0.717) is 11.2 Å². The molecule has 0 aromatic heterocycles. The van der Waals surface area contributed by atoms with Crippen molar-refractivity contribution in [2.24, 2.45) is 0 Å². The summed E-state index contributed by atoms with van der Waals surface area (Å²) < 4.78 is 0. The van der Waals surface area contributed by atoms with Crippen molar-refractivity contribution in [3.8, 4) is 0 Å². The monoisotopic (exact) mass is 161 g/mol. The highest BCUT2D eigenvalue weighted by molar-refractivity contribution is 6.59. The average Bonchev–Trinajstić information content (AvgIpc) is 2.03. The van der Waals surface area contributed by atoms with Gasteiger partial charge in [-0.1, -0.05) is 23.8 Å². The lowest BCUT2D eigenvalue weighted by atomic mass is 9.77. The summed E-state index contributed by atoms with van der Waals surface area (Å²) in [6.45, 7) is 8.46. The number of hydrogen-bond acceptors (Lipinski definition) is 2. The summed E-state index contributed by atoms with van der Waals surface area (Å²) in [5.74, 6) is 0. The SMILES string of the molecule is [C-]#[N+]c1ccc(B(O)O)c(C)c1. The van der Waals surface area contributed by atoms with E-state index in [9.17, 15) is 0 Å². The summed E-state index contributed by atoms with van der Waals surface area (Å²) in [7, 11) is -1.45. The Hall–Kier alpha value is -1.31. The smallest absolute Gasteiger partial charge is 0.423 e. The van der Waals surface area contributed by atoms with Crippen LogP contribution in [0.25, 0.3) is 4.85 Å². The van der Waals surface area contributed by atoms with Crippen molar-refractivity contribution in [3.05, 3.63) is 35.2 Å². The third-order valence-electron chi connectivity index (χ3n) is 1.66. The minimum Gasteiger partial charge on any atom is -0.423 e. The first-order valence-corrected chi connectivity index (χ1v) is 3.49. The Morgan fingerprint density at radius 3 is 2.50 bits per heavy atom. The Kier molecular flexibility index (Phi) is 2.49. The molecule has 60 valence electrons. The van der Waals surface area contributed by atoms with Crippen molar-refractivity contribution in [3.63, 3.8) is 0 Å². The highest BCUT2D eigenvalue weighted by Gasteiger charge is 2.13. The molecule has 2 N–H and O–H groups in total. The Morgan fingerprint density at radius 2 is 2.08 bits per heavy atom. The van der Waals surface area contributed by atoms with Crippen LogP contribution >= 0.6 is 0 Å². The molecule has 3 nitrogen and oxygen atoms in total. The van der Waals surface area contributed by atoms with Gasteiger partial charge in [0.1, 0.15) is 0 Å². The van der Waals surface area contributed by atoms with Crippen LogP contribution in [0.15, 0.2) is 18.2 Å². The lowest BCUT2D eigenvalue weighted by molar-refractivity contribution is 0.425. The van der Waals surface area contributed by atoms with Gasteiger partial charge in [-0.15, -0.1) is 0 Å². The second kappa shape index (κ2) is 3.39. The number of rotatable bonds is 1. The predicted molar refractivity (Wildman–Crippen MR) is 47.3 cm³/mol. The molecule has 0 saturated heterocycles. The quantitative estimate of drug-likeness (QED) is 0.457. The van der Waals surface area contributed by atoms with E-state index in [1.807, 2.05) is 0 Å². The zero-order valence-electron chi connectivity index (χ0n) is 6.65. The van der Waals surface area contributed by atoms with Gasteiger partial charge in [0.2, 0.25) is 0 Å². The Balaban J connectivity index is 3.14. The molecule has 1 aromatic carbocycles. The molecule has 0 fully saturated rings. The second-order valence-electron chi connectivity index (χ2n) is 2.53. The fraction of sp³-hybridized carbons (Fsp3) is 0.125. The number of aryl methyl sites for hydroxylation is 1. The fourth-order valence-corrected chi connectivity index (χ4v) is 1.02. The molecule has 0 bridgehead atoms. The maximum absolute atomic E-state index is 8.85. The summed E-state index contributed by atoms with van der Waals surface area (Å²) in [5, 5.41) is 17.7. The van der Waals surface area contributed by atoms with Crippen LogP contribution in [0.5, 0.6) is 0 Å². The van der Waals surface area contributed by atoms with E-state index in [-0.39, 0.29) is 0 Å². The van der Waals surface area contributed by atoms with Crippen LogP contribution in [0, 0.1) is 13.5 Å². The number of nitrogens with zero attached hydrogens (tertiary/aromatic N) is 1. The van der Waals surface area contributed by atoms with Crippen molar-refractivity contribution >= 4 is 18.3 Å². The van der Waals surface area contributed by atoms with Gasteiger partial charge in [-0.2, -0.15) is 0 Å². The molecule has 0 aliphatic carbocycles. The van der Waals surface area contributed by atoms with Gasteiger partial charge in [0.25, 0.3) is 0 Å². The molecule has 1 aromatic rings. The summed E-state index contributed by atoms with van der Waals surface area (Å²) in [6.07, 6.45) is 0. The molecule has 0 unspecified atom stereocenters. The van der Waals surface area contributed by atoms with Crippen LogP contribution in [0.1, 0.15) is 5.56 Å².